The molecule has 7 atom stereocenters. The highest BCUT2D eigenvalue weighted by Gasteiger charge is 2.50. The normalized spacial score (nSPS) is 29.5. The highest BCUT2D eigenvalue weighted by atomic mass is 31.2. The van der Waals surface area contributed by atoms with Crippen molar-refractivity contribution in [2.24, 2.45) is 0 Å². The van der Waals surface area contributed by atoms with Gasteiger partial charge in [-0.2, -0.15) is 4.98 Å². The second-order valence-electron chi connectivity index (χ2n) is 8.92. The van der Waals surface area contributed by atoms with E-state index in [4.69, 9.17) is 9.26 Å². The molecule has 32 heavy (non-hydrogen) atoms. The summed E-state index contributed by atoms with van der Waals surface area (Å²) in [5.74, 6) is 0. The molecule has 0 aromatic carbocycles. The number of fused-ring (bicyclic) bond motifs is 1. The Bertz CT molecular complexity index is 1080. The molecule has 180 valence electrons. The summed E-state index contributed by atoms with van der Waals surface area (Å²) in [5, 5.41) is 30.2. The van der Waals surface area contributed by atoms with Gasteiger partial charge in [0.25, 0.3) is 0 Å². The first-order valence-corrected chi connectivity index (χ1v) is 12.2. The van der Waals surface area contributed by atoms with Gasteiger partial charge in [0.05, 0.1) is 11.7 Å². The van der Waals surface area contributed by atoms with Crippen molar-refractivity contribution < 1.29 is 34.0 Å². The molecule has 12 heteroatoms. The number of rotatable bonds is 8. The van der Waals surface area contributed by atoms with E-state index in [0.29, 0.717) is 11.0 Å². The highest BCUT2D eigenvalue weighted by Crippen LogP contribution is 2.59. The van der Waals surface area contributed by atoms with Gasteiger partial charge >= 0.3 is 13.3 Å². The quantitative estimate of drug-likeness (QED) is 0.357. The zero-order chi connectivity index (χ0) is 24.1. The van der Waals surface area contributed by atoms with Crippen molar-refractivity contribution in [3.05, 3.63) is 28.4 Å². The number of hydrogen-bond donors (Lipinski definition) is 5. The zero-order valence-electron chi connectivity index (χ0n) is 18.8. The summed E-state index contributed by atoms with van der Waals surface area (Å²) in [7, 11) is -4.44. The Balaban J connectivity index is 1.85. The third-order valence-corrected chi connectivity index (χ3v) is 8.50. The summed E-state index contributed by atoms with van der Waals surface area (Å²) < 4.78 is 25.1. The largest absolute Gasteiger partial charge is 0.388 e. The SMILES string of the molecule is CCC(C)(C[C@H]1O[C@@H](n2cc3cc(C)[nH]c3nc2=O)[C@H](O)[C@@H]1O)OP(=O)(O)C(C)(O)CC. The standard InChI is InChI=1S/C20H32N3O8P/c1-6-19(4,31-32(28,29)20(5,27)7-2)9-13-14(24)15(25)17(30-13)23-10-12-8-11(3)21-16(12)22-18(23)26/h8,10,13-15,17,24-25,27H,6-7,9H2,1-5H3,(H,28,29)(H,21,22,26)/t13-,14-,15-,17-,19?,20?/m1/s1. The number of ether oxygens (including phenoxy) is 1. The lowest BCUT2D eigenvalue weighted by atomic mass is 9.93. The van der Waals surface area contributed by atoms with Gasteiger partial charge in [-0.25, -0.2) is 4.79 Å². The maximum absolute atomic E-state index is 12.7. The molecule has 0 radical (unpaired) electrons. The molecule has 0 bridgehead atoms. The van der Waals surface area contributed by atoms with Gasteiger partial charge in [-0.3, -0.25) is 9.13 Å². The van der Waals surface area contributed by atoms with Crippen LogP contribution in [-0.4, -0.2) is 64.0 Å². The van der Waals surface area contributed by atoms with Crippen LogP contribution in [0.4, 0.5) is 0 Å². The van der Waals surface area contributed by atoms with Crippen LogP contribution in [0.3, 0.4) is 0 Å². The van der Waals surface area contributed by atoms with Gasteiger partial charge in [0.15, 0.2) is 11.6 Å². The molecule has 11 nitrogen and oxygen atoms in total. The minimum atomic E-state index is -4.44. The van der Waals surface area contributed by atoms with E-state index in [0.717, 1.165) is 10.3 Å². The molecule has 2 aromatic heterocycles. The van der Waals surface area contributed by atoms with Crippen molar-refractivity contribution >= 4 is 18.6 Å². The molecule has 0 amide bonds. The number of aromatic amines is 1. The smallest absolute Gasteiger partial charge is 0.359 e. The fraction of sp³-hybridized carbons (Fsp3) is 0.700. The van der Waals surface area contributed by atoms with E-state index in [1.807, 2.05) is 6.92 Å². The summed E-state index contributed by atoms with van der Waals surface area (Å²) in [6, 6.07) is 1.79. The average molecular weight is 473 g/mol. The summed E-state index contributed by atoms with van der Waals surface area (Å²) in [4.78, 5) is 29.8. The summed E-state index contributed by atoms with van der Waals surface area (Å²) in [6.07, 6.45) is -3.31. The molecular weight excluding hydrogens is 441 g/mol. The number of nitrogens with one attached hydrogen (secondary N) is 1. The van der Waals surface area contributed by atoms with Crippen LogP contribution < -0.4 is 5.69 Å². The van der Waals surface area contributed by atoms with E-state index in [1.165, 1.54) is 13.1 Å². The Kier molecular flexibility index (Phi) is 6.76. The highest BCUT2D eigenvalue weighted by molar-refractivity contribution is 7.54. The summed E-state index contributed by atoms with van der Waals surface area (Å²) in [6.45, 7) is 7.91. The van der Waals surface area contributed by atoms with Crippen molar-refractivity contribution in [1.82, 2.24) is 14.5 Å². The number of aliphatic hydroxyl groups is 3. The maximum Gasteiger partial charge on any atom is 0.359 e. The van der Waals surface area contributed by atoms with Gasteiger partial charge < -0.3 is 34.5 Å². The molecule has 1 aliphatic rings. The van der Waals surface area contributed by atoms with Crippen LogP contribution in [0.5, 0.6) is 0 Å². The van der Waals surface area contributed by atoms with Gasteiger partial charge in [-0.1, -0.05) is 13.8 Å². The van der Waals surface area contributed by atoms with Crippen molar-refractivity contribution in [3.8, 4) is 0 Å². The maximum atomic E-state index is 12.7. The van der Waals surface area contributed by atoms with Gasteiger partial charge in [0.1, 0.15) is 17.9 Å². The van der Waals surface area contributed by atoms with Crippen LogP contribution in [0.1, 0.15) is 58.9 Å². The predicted molar refractivity (Wildman–Crippen MR) is 116 cm³/mol. The molecule has 3 rings (SSSR count). The molecule has 3 heterocycles. The Labute approximate surface area is 185 Å². The van der Waals surface area contributed by atoms with E-state index in [1.54, 1.807) is 26.8 Å². The fourth-order valence-electron chi connectivity index (χ4n) is 3.72. The van der Waals surface area contributed by atoms with Crippen LogP contribution >= 0.6 is 7.60 Å². The lowest BCUT2D eigenvalue weighted by molar-refractivity contribution is -0.0712. The van der Waals surface area contributed by atoms with Gasteiger partial charge in [0, 0.05) is 23.7 Å². The van der Waals surface area contributed by atoms with E-state index in [9.17, 15) is 29.6 Å². The first-order valence-electron chi connectivity index (χ1n) is 10.6. The zero-order valence-corrected chi connectivity index (χ0v) is 19.7. The van der Waals surface area contributed by atoms with Crippen LogP contribution in [0.15, 0.2) is 17.1 Å². The van der Waals surface area contributed by atoms with Crippen molar-refractivity contribution in [2.45, 2.75) is 89.4 Å². The molecule has 1 saturated heterocycles. The first kappa shape index (κ1) is 25.0. The van der Waals surface area contributed by atoms with E-state index >= 15 is 0 Å². The van der Waals surface area contributed by atoms with E-state index < -0.39 is 48.8 Å². The number of H-pyrrole nitrogens is 1. The summed E-state index contributed by atoms with van der Waals surface area (Å²) in [5.41, 5.74) is -0.705. The van der Waals surface area contributed by atoms with Crippen molar-refractivity contribution in [3.63, 3.8) is 0 Å². The molecule has 1 fully saturated rings. The predicted octanol–water partition coefficient (Wildman–Crippen LogP) is 1.53. The van der Waals surface area contributed by atoms with Crippen LogP contribution in [0.25, 0.3) is 11.0 Å². The lowest BCUT2D eigenvalue weighted by Crippen LogP contribution is -2.40. The number of aromatic nitrogens is 3. The first-order chi connectivity index (χ1) is 14.7. The van der Waals surface area contributed by atoms with E-state index in [-0.39, 0.29) is 19.3 Å². The van der Waals surface area contributed by atoms with Crippen LogP contribution in [-0.2, 0) is 13.8 Å². The Morgan fingerprint density at radius 1 is 1.28 bits per heavy atom. The molecule has 0 aliphatic carbocycles. The molecule has 5 N–H and O–H groups in total. The second kappa shape index (κ2) is 8.64. The third kappa shape index (κ3) is 4.56. The minimum Gasteiger partial charge on any atom is -0.388 e. The van der Waals surface area contributed by atoms with Crippen molar-refractivity contribution in [2.75, 3.05) is 0 Å². The molecule has 1 aliphatic heterocycles. The van der Waals surface area contributed by atoms with E-state index in [2.05, 4.69) is 9.97 Å². The fourth-order valence-corrected chi connectivity index (χ4v) is 5.12. The number of nitrogens with zero attached hydrogens (tertiary/aromatic N) is 2. The number of hydrogen-bond acceptors (Lipinski definition) is 8. The molecule has 0 saturated carbocycles. The molecular formula is C20H32N3O8P. The monoisotopic (exact) mass is 473 g/mol. The number of aliphatic hydroxyl groups excluding tert-OH is 2. The van der Waals surface area contributed by atoms with Crippen LogP contribution in [0, 0.1) is 6.92 Å². The average Bonchev–Trinajstić information content (AvgIpc) is 3.19. The Morgan fingerprint density at radius 2 is 1.94 bits per heavy atom. The molecule has 2 aromatic rings. The lowest BCUT2D eigenvalue weighted by Gasteiger charge is -2.37. The topological polar surface area (TPSA) is 167 Å². The summed E-state index contributed by atoms with van der Waals surface area (Å²) >= 11 is 0. The molecule has 3 unspecified atom stereocenters. The van der Waals surface area contributed by atoms with Gasteiger partial charge in [-0.15, -0.1) is 0 Å². The Hall–Kier alpha value is -1.59. The number of aryl methyl sites for hydroxylation is 1. The van der Waals surface area contributed by atoms with Gasteiger partial charge in [-0.05, 0) is 39.7 Å². The van der Waals surface area contributed by atoms with Crippen LogP contribution in [0.2, 0.25) is 0 Å². The second-order valence-corrected chi connectivity index (χ2v) is 11.1. The third-order valence-electron chi connectivity index (χ3n) is 6.28. The Morgan fingerprint density at radius 3 is 2.53 bits per heavy atom. The minimum absolute atomic E-state index is 0.000930. The molecule has 0 spiro atoms. The van der Waals surface area contributed by atoms with Crippen molar-refractivity contribution in [1.29, 1.82) is 0 Å². The van der Waals surface area contributed by atoms with Gasteiger partial charge in [0.2, 0.25) is 0 Å².